The Morgan fingerprint density at radius 1 is 1.41 bits per heavy atom. The lowest BCUT2D eigenvalue weighted by molar-refractivity contribution is 0.0682. The molecule has 0 aliphatic carbocycles. The molecule has 1 saturated heterocycles. The maximum absolute atomic E-state index is 5.83. The van der Waals surface area contributed by atoms with E-state index in [9.17, 15) is 0 Å². The summed E-state index contributed by atoms with van der Waals surface area (Å²) in [5.41, 5.74) is 1.08. The van der Waals surface area contributed by atoms with Gasteiger partial charge in [0.15, 0.2) is 0 Å². The van der Waals surface area contributed by atoms with E-state index in [0.29, 0.717) is 6.61 Å². The fourth-order valence-electron chi connectivity index (χ4n) is 1.96. The fraction of sp³-hybridized carbons (Fsp3) is 0.571. The van der Waals surface area contributed by atoms with E-state index in [0.717, 1.165) is 43.9 Å². The molecule has 1 fully saturated rings. The maximum atomic E-state index is 5.83. The predicted molar refractivity (Wildman–Crippen MR) is 69.7 cm³/mol. The minimum atomic E-state index is 0.272. The van der Waals surface area contributed by atoms with Crippen molar-refractivity contribution in [3.05, 3.63) is 24.3 Å². The monoisotopic (exact) mass is 235 g/mol. The van der Waals surface area contributed by atoms with Gasteiger partial charge in [0.05, 0.1) is 11.8 Å². The van der Waals surface area contributed by atoms with Crippen molar-refractivity contribution in [2.45, 2.75) is 32.3 Å². The van der Waals surface area contributed by atoms with Crippen LogP contribution >= 0.6 is 0 Å². The zero-order valence-electron chi connectivity index (χ0n) is 10.4. The number of para-hydroxylation sites is 2. The van der Waals surface area contributed by atoms with Gasteiger partial charge in [-0.3, -0.25) is 0 Å². The van der Waals surface area contributed by atoms with Crippen molar-refractivity contribution in [1.29, 1.82) is 0 Å². The molecule has 1 aliphatic heterocycles. The zero-order chi connectivity index (χ0) is 11.9. The number of anilines is 1. The molecule has 1 aliphatic rings. The van der Waals surface area contributed by atoms with Gasteiger partial charge >= 0.3 is 0 Å². The predicted octanol–water partition coefficient (Wildman–Crippen LogP) is 3.07. The van der Waals surface area contributed by atoms with E-state index in [1.54, 1.807) is 0 Å². The van der Waals surface area contributed by atoms with Crippen LogP contribution in [0, 0.1) is 0 Å². The summed E-state index contributed by atoms with van der Waals surface area (Å²) in [6, 6.07) is 8.09. The van der Waals surface area contributed by atoms with Gasteiger partial charge in [-0.2, -0.15) is 0 Å². The second-order valence-electron chi connectivity index (χ2n) is 4.37. The Balaban J connectivity index is 1.89. The Kier molecular flexibility index (Phi) is 4.68. The van der Waals surface area contributed by atoms with Crippen molar-refractivity contribution in [2.24, 2.45) is 0 Å². The van der Waals surface area contributed by atoms with Crippen molar-refractivity contribution >= 4 is 5.69 Å². The number of hydrogen-bond donors (Lipinski definition) is 1. The van der Waals surface area contributed by atoms with Crippen LogP contribution < -0.4 is 10.1 Å². The van der Waals surface area contributed by atoms with Crippen LogP contribution in [0.15, 0.2) is 24.3 Å². The van der Waals surface area contributed by atoms with E-state index in [-0.39, 0.29) is 6.10 Å². The summed E-state index contributed by atoms with van der Waals surface area (Å²) < 4.78 is 11.4. The average Bonchev–Trinajstić information content (AvgIpc) is 2.88. The topological polar surface area (TPSA) is 30.5 Å². The van der Waals surface area contributed by atoms with Crippen molar-refractivity contribution < 1.29 is 9.47 Å². The van der Waals surface area contributed by atoms with Gasteiger partial charge in [0.2, 0.25) is 0 Å². The van der Waals surface area contributed by atoms with Gasteiger partial charge in [0.25, 0.3) is 0 Å². The summed E-state index contributed by atoms with van der Waals surface area (Å²) in [6.45, 7) is 4.66. The van der Waals surface area contributed by atoms with Crippen LogP contribution in [0.1, 0.15) is 26.2 Å². The Bertz CT molecular complexity index is 335. The maximum Gasteiger partial charge on any atom is 0.142 e. The number of rotatable bonds is 6. The molecule has 0 amide bonds. The number of hydrogen-bond acceptors (Lipinski definition) is 3. The van der Waals surface area contributed by atoms with Crippen molar-refractivity contribution in [3.63, 3.8) is 0 Å². The molecule has 1 aromatic carbocycles. The molecule has 1 atom stereocenters. The molecule has 0 aromatic heterocycles. The van der Waals surface area contributed by atoms with Gasteiger partial charge < -0.3 is 14.8 Å². The van der Waals surface area contributed by atoms with E-state index in [4.69, 9.17) is 9.47 Å². The fourth-order valence-corrected chi connectivity index (χ4v) is 1.96. The first kappa shape index (κ1) is 12.2. The van der Waals surface area contributed by atoms with Crippen LogP contribution in [0.3, 0.4) is 0 Å². The van der Waals surface area contributed by atoms with Crippen molar-refractivity contribution in [1.82, 2.24) is 0 Å². The molecule has 1 aromatic rings. The molecule has 1 unspecified atom stereocenters. The molecule has 3 heteroatoms. The largest absolute Gasteiger partial charge is 0.489 e. The van der Waals surface area contributed by atoms with E-state index in [1.165, 1.54) is 0 Å². The third-order valence-corrected chi connectivity index (χ3v) is 2.90. The van der Waals surface area contributed by atoms with E-state index in [2.05, 4.69) is 18.3 Å². The zero-order valence-corrected chi connectivity index (χ0v) is 10.4. The number of ether oxygens (including phenoxy) is 2. The first-order valence-electron chi connectivity index (χ1n) is 6.47. The molecule has 3 nitrogen and oxygen atoms in total. The standard InChI is InChI=1S/C14H21NO2/c1-2-9-15-13-7-3-4-8-14(13)17-11-12-6-5-10-16-12/h3-4,7-8,12,15H,2,5-6,9-11H2,1H3. The lowest BCUT2D eigenvalue weighted by Crippen LogP contribution is -2.17. The average molecular weight is 235 g/mol. The number of benzene rings is 1. The Morgan fingerprint density at radius 2 is 2.29 bits per heavy atom. The van der Waals surface area contributed by atoms with Crippen LogP contribution in [0.25, 0.3) is 0 Å². The molecule has 0 radical (unpaired) electrons. The summed E-state index contributed by atoms with van der Waals surface area (Å²) in [6.07, 6.45) is 3.66. The van der Waals surface area contributed by atoms with Gasteiger partial charge in [0.1, 0.15) is 12.4 Å². The summed E-state index contributed by atoms with van der Waals surface area (Å²) in [5.74, 6) is 0.927. The highest BCUT2D eigenvalue weighted by atomic mass is 16.5. The highest BCUT2D eigenvalue weighted by molar-refractivity contribution is 5.56. The van der Waals surface area contributed by atoms with Gasteiger partial charge in [-0.15, -0.1) is 0 Å². The van der Waals surface area contributed by atoms with Crippen molar-refractivity contribution in [2.75, 3.05) is 25.1 Å². The van der Waals surface area contributed by atoms with E-state index < -0.39 is 0 Å². The molecular weight excluding hydrogens is 214 g/mol. The van der Waals surface area contributed by atoms with Gasteiger partial charge in [-0.25, -0.2) is 0 Å². The Hall–Kier alpha value is -1.22. The third kappa shape index (κ3) is 3.63. The summed E-state index contributed by atoms with van der Waals surface area (Å²) in [7, 11) is 0. The molecule has 94 valence electrons. The third-order valence-electron chi connectivity index (χ3n) is 2.90. The van der Waals surface area contributed by atoms with Crippen LogP contribution in [0.2, 0.25) is 0 Å². The van der Waals surface area contributed by atoms with Gasteiger partial charge in [0, 0.05) is 13.2 Å². The second kappa shape index (κ2) is 6.50. The molecular formula is C14H21NO2. The molecule has 1 N–H and O–H groups in total. The smallest absolute Gasteiger partial charge is 0.142 e. The van der Waals surface area contributed by atoms with Crippen molar-refractivity contribution in [3.8, 4) is 5.75 Å². The van der Waals surface area contributed by atoms with E-state index in [1.807, 2.05) is 18.2 Å². The minimum Gasteiger partial charge on any atom is -0.489 e. The second-order valence-corrected chi connectivity index (χ2v) is 4.37. The minimum absolute atomic E-state index is 0.272. The Labute approximate surface area is 103 Å². The summed E-state index contributed by atoms with van der Waals surface area (Å²) >= 11 is 0. The lowest BCUT2D eigenvalue weighted by atomic mass is 10.2. The number of nitrogens with one attached hydrogen (secondary N) is 1. The SMILES string of the molecule is CCCNc1ccccc1OCC1CCCO1. The van der Waals surface area contributed by atoms with Gasteiger partial charge in [-0.05, 0) is 31.4 Å². The lowest BCUT2D eigenvalue weighted by Gasteiger charge is -2.15. The highest BCUT2D eigenvalue weighted by Crippen LogP contribution is 2.24. The Morgan fingerprint density at radius 3 is 3.06 bits per heavy atom. The van der Waals surface area contributed by atoms with E-state index >= 15 is 0 Å². The molecule has 17 heavy (non-hydrogen) atoms. The molecule has 1 heterocycles. The highest BCUT2D eigenvalue weighted by Gasteiger charge is 2.16. The molecule has 0 spiro atoms. The summed E-state index contributed by atoms with van der Waals surface area (Å²) in [5, 5.41) is 3.37. The van der Waals surface area contributed by atoms with Crippen LogP contribution in [-0.2, 0) is 4.74 Å². The molecule has 0 saturated carbocycles. The van der Waals surface area contributed by atoms with Crippen LogP contribution in [0.5, 0.6) is 5.75 Å². The molecule has 2 rings (SSSR count). The molecule has 0 bridgehead atoms. The summed E-state index contributed by atoms with van der Waals surface area (Å²) in [4.78, 5) is 0. The normalized spacial score (nSPS) is 19.2. The van der Waals surface area contributed by atoms with Gasteiger partial charge in [-0.1, -0.05) is 19.1 Å². The quantitative estimate of drug-likeness (QED) is 0.822. The first-order chi connectivity index (χ1) is 8.40. The van der Waals surface area contributed by atoms with Crippen LogP contribution in [-0.4, -0.2) is 25.9 Å². The van der Waals surface area contributed by atoms with Crippen LogP contribution in [0.4, 0.5) is 5.69 Å². The first-order valence-corrected chi connectivity index (χ1v) is 6.47.